The molecule has 0 radical (unpaired) electrons. The molecule has 9 nitrogen and oxygen atoms in total. The molecule has 0 N–H and O–H groups in total. The van der Waals surface area contributed by atoms with Gasteiger partial charge in [0.25, 0.3) is 0 Å². The third-order valence-corrected chi connectivity index (χ3v) is 11.7. The van der Waals surface area contributed by atoms with Gasteiger partial charge >= 0.3 is 6.01 Å². The fraction of sp³-hybridized carbons (Fsp3) is 0.474. The molecular formula is C38H42ClF2N7O2. The van der Waals surface area contributed by atoms with Crippen molar-refractivity contribution in [1.82, 2.24) is 29.7 Å². The van der Waals surface area contributed by atoms with Crippen molar-refractivity contribution in [3.05, 3.63) is 65.6 Å². The van der Waals surface area contributed by atoms with E-state index in [9.17, 15) is 9.18 Å². The summed E-state index contributed by atoms with van der Waals surface area (Å²) < 4.78 is 37.7. The van der Waals surface area contributed by atoms with Crippen molar-refractivity contribution in [3.8, 4) is 17.3 Å². The maximum Gasteiger partial charge on any atom is 0.319 e. The SMILES string of the molecule is CCN1CC[C@@H]1/C=C/C(=O)N1CC[C@@H](N(C)c2nc(OC[C@@]34CCCN3C[C@H](F)C4)nc3c(F)c(-c4cccc5cccc(Cl)c45)ncc23)C1. The van der Waals surface area contributed by atoms with Crippen LogP contribution in [0.1, 0.15) is 39.0 Å². The first-order valence-corrected chi connectivity index (χ1v) is 18.1. The molecule has 0 spiro atoms. The Morgan fingerprint density at radius 2 is 1.98 bits per heavy atom. The van der Waals surface area contributed by atoms with Crippen LogP contribution in [0.25, 0.3) is 32.9 Å². The van der Waals surface area contributed by atoms with Gasteiger partial charge in [-0.2, -0.15) is 9.97 Å². The lowest BCUT2D eigenvalue weighted by Crippen LogP contribution is -2.46. The number of rotatable bonds is 9. The summed E-state index contributed by atoms with van der Waals surface area (Å²) in [6, 6.07) is 11.5. The molecule has 0 bridgehead atoms. The number of nitrogens with zero attached hydrogens (tertiary/aromatic N) is 7. The first-order valence-electron chi connectivity index (χ1n) is 17.7. The highest BCUT2D eigenvalue weighted by molar-refractivity contribution is 6.36. The Morgan fingerprint density at radius 3 is 2.78 bits per heavy atom. The van der Waals surface area contributed by atoms with E-state index in [1.807, 2.05) is 53.3 Å². The molecule has 50 heavy (non-hydrogen) atoms. The monoisotopic (exact) mass is 701 g/mol. The molecule has 0 unspecified atom stereocenters. The van der Waals surface area contributed by atoms with Gasteiger partial charge in [-0.3, -0.25) is 19.6 Å². The number of halogens is 3. The number of alkyl halides is 1. The predicted molar refractivity (Wildman–Crippen MR) is 192 cm³/mol. The average molecular weight is 702 g/mol. The highest BCUT2D eigenvalue weighted by Crippen LogP contribution is 2.41. The van der Waals surface area contributed by atoms with E-state index >= 15 is 4.39 Å². The number of ether oxygens (including phenoxy) is 1. The molecule has 1 amide bonds. The van der Waals surface area contributed by atoms with E-state index in [2.05, 4.69) is 26.7 Å². The van der Waals surface area contributed by atoms with Crippen LogP contribution in [0.15, 0.2) is 54.7 Å². The van der Waals surface area contributed by atoms with Crippen molar-refractivity contribution in [2.24, 2.45) is 0 Å². The zero-order valence-corrected chi connectivity index (χ0v) is 29.3. The molecule has 262 valence electrons. The van der Waals surface area contributed by atoms with Crippen LogP contribution in [0.5, 0.6) is 6.01 Å². The molecule has 0 saturated carbocycles. The van der Waals surface area contributed by atoms with Crippen molar-refractivity contribution >= 4 is 45.0 Å². The standard InChI is InChI=1S/C38H42ClF2N7O2/c1-3-46-17-13-26(46)11-12-31(49)47-18-14-27(22-47)45(2)36-29-20-42-34(28-9-4-7-24-8-5-10-30(39)32(24)28)33(41)35(29)43-37(44-36)50-23-38-15-6-16-48(38)21-25(40)19-38/h4-5,7-12,20,25-27H,3,6,13-19,21-23H2,1-2H3/b12-11+/t25-,26+,27-,38+/m1/s1. The minimum Gasteiger partial charge on any atom is -0.461 e. The van der Waals surface area contributed by atoms with Gasteiger partial charge in [0.2, 0.25) is 5.91 Å². The molecular weight excluding hydrogens is 660 g/mol. The van der Waals surface area contributed by atoms with Crippen LogP contribution in [0.3, 0.4) is 0 Å². The highest BCUT2D eigenvalue weighted by atomic mass is 35.5. The quantitative estimate of drug-likeness (QED) is 0.189. The molecule has 4 saturated heterocycles. The Balaban J connectivity index is 1.13. The smallest absolute Gasteiger partial charge is 0.319 e. The van der Waals surface area contributed by atoms with Crippen LogP contribution >= 0.6 is 11.6 Å². The number of aromatic nitrogens is 3. The van der Waals surface area contributed by atoms with E-state index in [0.717, 1.165) is 50.7 Å². The van der Waals surface area contributed by atoms with E-state index in [1.165, 1.54) is 0 Å². The van der Waals surface area contributed by atoms with Gasteiger partial charge in [0, 0.05) is 80.0 Å². The fourth-order valence-corrected chi connectivity index (χ4v) is 8.77. The molecule has 2 aromatic heterocycles. The number of anilines is 1. The summed E-state index contributed by atoms with van der Waals surface area (Å²) in [5.41, 5.74) is 0.352. The number of amides is 1. The number of hydrogen-bond acceptors (Lipinski definition) is 8. The Bertz CT molecular complexity index is 1970. The van der Waals surface area contributed by atoms with Crippen molar-refractivity contribution in [3.63, 3.8) is 0 Å². The minimum atomic E-state index is -0.904. The third kappa shape index (κ3) is 5.86. The third-order valence-electron chi connectivity index (χ3n) is 11.4. The first-order chi connectivity index (χ1) is 24.2. The molecule has 4 fully saturated rings. The van der Waals surface area contributed by atoms with Crippen molar-refractivity contribution in [2.45, 2.75) is 62.8 Å². The number of pyridine rings is 1. The second kappa shape index (κ2) is 13.3. The summed E-state index contributed by atoms with van der Waals surface area (Å²) in [5.74, 6) is -0.139. The predicted octanol–water partition coefficient (Wildman–Crippen LogP) is 6.28. The van der Waals surface area contributed by atoms with Crippen LogP contribution in [0.2, 0.25) is 5.02 Å². The zero-order valence-electron chi connectivity index (χ0n) is 28.5. The summed E-state index contributed by atoms with van der Waals surface area (Å²) in [6.07, 6.45) is 8.43. The van der Waals surface area contributed by atoms with Crippen molar-refractivity contribution in [2.75, 3.05) is 57.8 Å². The molecule has 0 aliphatic carbocycles. The van der Waals surface area contributed by atoms with Crippen LogP contribution in [0, 0.1) is 5.82 Å². The van der Waals surface area contributed by atoms with Gasteiger partial charge in [-0.15, -0.1) is 0 Å². The molecule has 8 rings (SSSR count). The molecule has 4 aliphatic heterocycles. The number of carbonyl (C=O) groups excluding carboxylic acids is 1. The van der Waals surface area contributed by atoms with E-state index < -0.39 is 17.5 Å². The summed E-state index contributed by atoms with van der Waals surface area (Å²) in [4.78, 5) is 35.6. The number of likely N-dealkylation sites (N-methyl/N-ethyl adjacent to an activating group) is 2. The van der Waals surface area contributed by atoms with Crippen LogP contribution in [0.4, 0.5) is 14.6 Å². The molecule has 6 heterocycles. The average Bonchev–Trinajstić information content (AvgIpc) is 3.82. The molecule has 4 atom stereocenters. The maximum atomic E-state index is 16.8. The summed E-state index contributed by atoms with van der Waals surface area (Å²) in [5, 5.41) is 2.52. The van der Waals surface area contributed by atoms with E-state index in [1.54, 1.807) is 18.3 Å². The van der Waals surface area contributed by atoms with Crippen LogP contribution < -0.4 is 9.64 Å². The van der Waals surface area contributed by atoms with Gasteiger partial charge in [-0.25, -0.2) is 8.78 Å². The van der Waals surface area contributed by atoms with Gasteiger partial charge in [-0.1, -0.05) is 54.9 Å². The van der Waals surface area contributed by atoms with Crippen LogP contribution in [-0.4, -0.2) is 112 Å². The van der Waals surface area contributed by atoms with E-state index in [0.29, 0.717) is 59.3 Å². The van der Waals surface area contributed by atoms with Gasteiger partial charge in [0.15, 0.2) is 5.82 Å². The molecule has 12 heteroatoms. The van der Waals surface area contributed by atoms with Gasteiger partial charge < -0.3 is 14.5 Å². The second-order valence-corrected chi connectivity index (χ2v) is 14.6. The lowest BCUT2D eigenvalue weighted by molar-refractivity contribution is -0.125. The number of hydrogen-bond donors (Lipinski definition) is 0. The molecule has 2 aromatic carbocycles. The zero-order chi connectivity index (χ0) is 34.6. The Hall–Kier alpha value is -3.93. The second-order valence-electron chi connectivity index (χ2n) is 14.2. The van der Waals surface area contributed by atoms with Gasteiger partial charge in [-0.05, 0) is 50.2 Å². The lowest BCUT2D eigenvalue weighted by atomic mass is 9.95. The van der Waals surface area contributed by atoms with E-state index in [-0.39, 0.29) is 35.8 Å². The van der Waals surface area contributed by atoms with Gasteiger partial charge in [0.05, 0.1) is 10.9 Å². The Labute approximate surface area is 295 Å². The first kappa shape index (κ1) is 33.2. The number of benzene rings is 2. The maximum absolute atomic E-state index is 16.8. The molecule has 4 aliphatic rings. The van der Waals surface area contributed by atoms with Gasteiger partial charge in [0.1, 0.15) is 29.8 Å². The summed E-state index contributed by atoms with van der Waals surface area (Å²) in [6.45, 7) is 6.73. The van der Waals surface area contributed by atoms with Crippen molar-refractivity contribution in [1.29, 1.82) is 0 Å². The molecule has 4 aromatic rings. The minimum absolute atomic E-state index is 0.00497. The largest absolute Gasteiger partial charge is 0.461 e. The normalized spacial score (nSPS) is 25.5. The van der Waals surface area contributed by atoms with Crippen LogP contribution in [-0.2, 0) is 4.79 Å². The Morgan fingerprint density at radius 1 is 1.14 bits per heavy atom. The summed E-state index contributed by atoms with van der Waals surface area (Å²) in [7, 11) is 1.91. The van der Waals surface area contributed by atoms with E-state index in [4.69, 9.17) is 21.3 Å². The number of carbonyl (C=O) groups is 1. The highest BCUT2D eigenvalue weighted by Gasteiger charge is 2.49. The summed E-state index contributed by atoms with van der Waals surface area (Å²) >= 11 is 6.63. The fourth-order valence-electron chi connectivity index (χ4n) is 8.48. The topological polar surface area (TPSA) is 77.9 Å². The number of fused-ring (bicyclic) bond motifs is 3. The Kier molecular flexibility index (Phi) is 8.85. The lowest BCUT2D eigenvalue weighted by Gasteiger charge is -2.38. The number of likely N-dealkylation sites (tertiary alicyclic amines) is 2. The van der Waals surface area contributed by atoms with Crippen molar-refractivity contribution < 1.29 is 18.3 Å².